The van der Waals surface area contributed by atoms with Crippen LogP contribution in [0.15, 0.2) is 66.7 Å². The van der Waals surface area contributed by atoms with Gasteiger partial charge in [-0.25, -0.2) is 8.42 Å². The summed E-state index contributed by atoms with van der Waals surface area (Å²) in [7, 11) is -3.63. The van der Waals surface area contributed by atoms with E-state index in [0.717, 1.165) is 17.0 Å². The lowest BCUT2D eigenvalue weighted by atomic mass is 9.96. The smallest absolute Gasteiger partial charge is 0.240 e. The third-order valence-electron chi connectivity index (χ3n) is 5.28. The van der Waals surface area contributed by atoms with Crippen LogP contribution in [0.1, 0.15) is 26.3 Å². The van der Waals surface area contributed by atoms with E-state index in [1.165, 1.54) is 16.3 Å². The summed E-state index contributed by atoms with van der Waals surface area (Å²) in [5.74, 6) is 0.500. The first kappa shape index (κ1) is 24.6. The van der Waals surface area contributed by atoms with E-state index < -0.39 is 10.0 Å². The molecule has 0 heterocycles. The van der Waals surface area contributed by atoms with Crippen molar-refractivity contribution in [1.82, 2.24) is 5.32 Å². The number of rotatable bonds is 10. The summed E-state index contributed by atoms with van der Waals surface area (Å²) in [5.41, 5.74) is 1.66. The molecule has 0 spiro atoms. The van der Waals surface area contributed by atoms with E-state index in [2.05, 4.69) is 36.5 Å². The maximum absolute atomic E-state index is 12.6. The van der Waals surface area contributed by atoms with Crippen molar-refractivity contribution in [2.45, 2.75) is 33.3 Å². The molecule has 0 aliphatic carbocycles. The van der Waals surface area contributed by atoms with Gasteiger partial charge in [-0.15, -0.1) is 0 Å². The van der Waals surface area contributed by atoms with Gasteiger partial charge in [0.1, 0.15) is 12.3 Å². The summed E-state index contributed by atoms with van der Waals surface area (Å²) >= 11 is 0. The molecule has 0 aromatic heterocycles. The molecule has 6 nitrogen and oxygen atoms in total. The van der Waals surface area contributed by atoms with Crippen LogP contribution in [-0.4, -0.2) is 39.8 Å². The second-order valence-corrected chi connectivity index (χ2v) is 10.6. The summed E-state index contributed by atoms with van der Waals surface area (Å²) in [6.07, 6.45) is 1.93. The minimum Gasteiger partial charge on any atom is -0.491 e. The number of carbonyl (C=O) groups excluding carboxylic acids is 1. The Bertz CT molecular complexity index is 1190. The molecule has 1 unspecified atom stereocenters. The third kappa shape index (κ3) is 6.96. The maximum Gasteiger partial charge on any atom is 0.240 e. The largest absolute Gasteiger partial charge is 0.491 e. The van der Waals surface area contributed by atoms with Gasteiger partial charge in [-0.2, -0.15) is 0 Å². The summed E-state index contributed by atoms with van der Waals surface area (Å²) in [4.78, 5) is 12.6. The molecule has 0 radical (unpaired) electrons. The van der Waals surface area contributed by atoms with Crippen LogP contribution in [-0.2, 0) is 21.2 Å². The fourth-order valence-electron chi connectivity index (χ4n) is 3.76. The van der Waals surface area contributed by atoms with Gasteiger partial charge in [-0.3, -0.25) is 9.10 Å². The number of ether oxygens (including phenoxy) is 1. The summed E-state index contributed by atoms with van der Waals surface area (Å²) in [6.45, 7) is 6.10. The Kier molecular flexibility index (Phi) is 7.97. The van der Waals surface area contributed by atoms with Gasteiger partial charge < -0.3 is 10.1 Å². The molecule has 0 fully saturated rings. The van der Waals surface area contributed by atoms with Crippen molar-refractivity contribution in [2.24, 2.45) is 5.92 Å². The number of hydrogen-bond acceptors (Lipinski definition) is 4. The summed E-state index contributed by atoms with van der Waals surface area (Å²) < 4.78 is 31.4. The Morgan fingerprint density at radius 1 is 0.970 bits per heavy atom. The lowest BCUT2D eigenvalue weighted by Crippen LogP contribution is -2.41. The molecule has 1 atom stereocenters. The molecule has 3 rings (SSSR count). The first-order valence-electron chi connectivity index (χ1n) is 11.1. The minimum absolute atomic E-state index is 0.0171. The number of carbonyl (C=O) groups is 1. The predicted molar refractivity (Wildman–Crippen MR) is 134 cm³/mol. The number of amides is 1. The molecular formula is C26H32N2O4S. The van der Waals surface area contributed by atoms with Gasteiger partial charge in [0, 0.05) is 6.54 Å². The Morgan fingerprint density at radius 2 is 1.64 bits per heavy atom. The van der Waals surface area contributed by atoms with Gasteiger partial charge >= 0.3 is 0 Å². The number of anilines is 1. The predicted octanol–water partition coefficient (Wildman–Crippen LogP) is 4.39. The van der Waals surface area contributed by atoms with Crippen LogP contribution < -0.4 is 14.4 Å². The fraction of sp³-hybridized carbons (Fsp3) is 0.346. The van der Waals surface area contributed by atoms with Crippen LogP contribution in [0.3, 0.4) is 0 Å². The van der Waals surface area contributed by atoms with E-state index in [4.69, 9.17) is 4.74 Å². The summed E-state index contributed by atoms with van der Waals surface area (Å²) in [5, 5.41) is 5.30. The number of sulfonamides is 1. The van der Waals surface area contributed by atoms with Gasteiger partial charge in [0.2, 0.25) is 15.9 Å². The molecular weight excluding hydrogens is 436 g/mol. The molecule has 0 aliphatic heterocycles. The Morgan fingerprint density at radius 3 is 2.30 bits per heavy atom. The maximum atomic E-state index is 12.6. The van der Waals surface area contributed by atoms with Gasteiger partial charge in [0.25, 0.3) is 0 Å². The quantitative estimate of drug-likeness (QED) is 0.479. The van der Waals surface area contributed by atoms with Crippen molar-refractivity contribution in [3.05, 3.63) is 72.3 Å². The fourth-order valence-corrected chi connectivity index (χ4v) is 4.61. The standard InChI is InChI=1S/C26H32N2O4S/c1-19(2)32-24-14-12-23(13-15-24)28(33(4,30)31)18-26(29)27-17-20(3)16-22-10-7-9-21-8-5-6-11-25(21)22/h5-15,19-20H,16-18H2,1-4H3,(H,27,29). The molecule has 3 aromatic carbocycles. The second-order valence-electron chi connectivity index (χ2n) is 8.68. The Hall–Kier alpha value is -3.06. The van der Waals surface area contributed by atoms with E-state index in [-0.39, 0.29) is 24.5 Å². The first-order chi connectivity index (χ1) is 15.6. The van der Waals surface area contributed by atoms with E-state index >= 15 is 0 Å². The van der Waals surface area contributed by atoms with Crippen molar-refractivity contribution in [2.75, 3.05) is 23.7 Å². The van der Waals surface area contributed by atoms with Crippen LogP contribution in [0.4, 0.5) is 5.69 Å². The van der Waals surface area contributed by atoms with Crippen molar-refractivity contribution in [3.8, 4) is 5.75 Å². The zero-order valence-electron chi connectivity index (χ0n) is 19.6. The van der Waals surface area contributed by atoms with Crippen molar-refractivity contribution < 1.29 is 17.9 Å². The van der Waals surface area contributed by atoms with Crippen molar-refractivity contribution in [3.63, 3.8) is 0 Å². The molecule has 0 aliphatic rings. The second kappa shape index (κ2) is 10.7. The van der Waals surface area contributed by atoms with E-state index in [1.807, 2.05) is 32.0 Å². The van der Waals surface area contributed by atoms with Crippen LogP contribution in [0.2, 0.25) is 0 Å². The Balaban J connectivity index is 1.61. The van der Waals surface area contributed by atoms with Gasteiger partial charge in [-0.1, -0.05) is 49.4 Å². The number of hydrogen-bond donors (Lipinski definition) is 1. The molecule has 0 bridgehead atoms. The van der Waals surface area contributed by atoms with Crippen LogP contribution in [0.5, 0.6) is 5.75 Å². The molecule has 176 valence electrons. The number of nitrogens with zero attached hydrogens (tertiary/aromatic N) is 1. The highest BCUT2D eigenvalue weighted by Crippen LogP contribution is 2.23. The number of fused-ring (bicyclic) bond motifs is 1. The third-order valence-corrected chi connectivity index (χ3v) is 6.42. The van der Waals surface area contributed by atoms with E-state index in [1.54, 1.807) is 24.3 Å². The molecule has 0 saturated heterocycles. The van der Waals surface area contributed by atoms with Crippen molar-refractivity contribution in [1.29, 1.82) is 0 Å². The topological polar surface area (TPSA) is 75.7 Å². The zero-order valence-corrected chi connectivity index (χ0v) is 20.4. The lowest BCUT2D eigenvalue weighted by molar-refractivity contribution is -0.119. The van der Waals surface area contributed by atoms with E-state index in [0.29, 0.717) is 18.0 Å². The number of nitrogens with one attached hydrogen (secondary N) is 1. The highest BCUT2D eigenvalue weighted by molar-refractivity contribution is 7.92. The highest BCUT2D eigenvalue weighted by atomic mass is 32.2. The van der Waals surface area contributed by atoms with Gasteiger partial charge in [-0.05, 0) is 66.8 Å². The molecule has 33 heavy (non-hydrogen) atoms. The summed E-state index contributed by atoms with van der Waals surface area (Å²) in [6, 6.07) is 21.2. The molecule has 7 heteroatoms. The first-order valence-corrected chi connectivity index (χ1v) is 13.0. The normalized spacial score (nSPS) is 12.5. The minimum atomic E-state index is -3.63. The van der Waals surface area contributed by atoms with Crippen molar-refractivity contribution >= 4 is 32.4 Å². The average Bonchev–Trinajstić information content (AvgIpc) is 2.76. The zero-order chi connectivity index (χ0) is 24.0. The van der Waals surface area contributed by atoms with Gasteiger partial charge in [0.15, 0.2) is 0 Å². The van der Waals surface area contributed by atoms with E-state index in [9.17, 15) is 13.2 Å². The SMILES string of the molecule is CC(CNC(=O)CN(c1ccc(OC(C)C)cc1)S(C)(=O)=O)Cc1cccc2ccccc12. The monoisotopic (exact) mass is 468 g/mol. The Labute approximate surface area is 196 Å². The average molecular weight is 469 g/mol. The molecule has 1 amide bonds. The highest BCUT2D eigenvalue weighted by Gasteiger charge is 2.21. The number of benzene rings is 3. The molecule has 1 N–H and O–H groups in total. The van der Waals surface area contributed by atoms with Crippen LogP contribution in [0.25, 0.3) is 10.8 Å². The lowest BCUT2D eigenvalue weighted by Gasteiger charge is -2.23. The molecule has 3 aromatic rings. The van der Waals surface area contributed by atoms with Crippen LogP contribution >= 0.6 is 0 Å². The van der Waals surface area contributed by atoms with Crippen LogP contribution in [0, 0.1) is 5.92 Å². The van der Waals surface area contributed by atoms with Gasteiger partial charge in [0.05, 0.1) is 18.0 Å². The molecule has 0 saturated carbocycles.